The molecule has 3 aromatic rings. The van der Waals surface area contributed by atoms with Gasteiger partial charge in [0.2, 0.25) is 5.91 Å². The molecule has 7 nitrogen and oxygen atoms in total. The highest BCUT2D eigenvalue weighted by Gasteiger charge is 2.34. The largest absolute Gasteiger partial charge is 0.496 e. The van der Waals surface area contributed by atoms with Gasteiger partial charge in [0.25, 0.3) is 0 Å². The van der Waals surface area contributed by atoms with Crippen molar-refractivity contribution < 1.29 is 14.3 Å². The molecule has 1 unspecified atom stereocenters. The lowest BCUT2D eigenvalue weighted by Gasteiger charge is -2.38. The predicted octanol–water partition coefficient (Wildman–Crippen LogP) is 5.28. The summed E-state index contributed by atoms with van der Waals surface area (Å²) in [5.74, 6) is 2.34. The molecule has 0 spiro atoms. The number of likely N-dealkylation sites (tertiary alicyclic amines) is 1. The van der Waals surface area contributed by atoms with E-state index in [9.17, 15) is 4.79 Å². The number of rotatable bonds is 6. The Kier molecular flexibility index (Phi) is 6.31. The van der Waals surface area contributed by atoms with E-state index < -0.39 is 0 Å². The van der Waals surface area contributed by atoms with E-state index in [1.807, 2.05) is 54.5 Å². The third-order valence-electron chi connectivity index (χ3n) is 6.83. The first-order valence-corrected chi connectivity index (χ1v) is 11.9. The van der Waals surface area contributed by atoms with Gasteiger partial charge in [-0.3, -0.25) is 9.78 Å². The second-order valence-corrected chi connectivity index (χ2v) is 8.87. The average Bonchev–Trinajstić information content (AvgIpc) is 3.30. The van der Waals surface area contributed by atoms with Crippen molar-refractivity contribution in [1.82, 2.24) is 9.88 Å². The molecule has 0 saturated carbocycles. The molecule has 1 atom stereocenters. The zero-order chi connectivity index (χ0) is 24.4. The van der Waals surface area contributed by atoms with E-state index in [4.69, 9.17) is 9.47 Å². The first kappa shape index (κ1) is 22.8. The first-order chi connectivity index (χ1) is 17.1. The minimum atomic E-state index is 0.00238. The van der Waals surface area contributed by atoms with Gasteiger partial charge in [-0.2, -0.15) is 0 Å². The van der Waals surface area contributed by atoms with Gasteiger partial charge in [0.15, 0.2) is 0 Å². The molecule has 0 bridgehead atoms. The maximum atomic E-state index is 12.2. The van der Waals surface area contributed by atoms with Crippen molar-refractivity contribution in [2.75, 3.05) is 36.7 Å². The number of benzene rings is 2. The van der Waals surface area contributed by atoms with E-state index in [1.54, 1.807) is 7.11 Å². The Hall–Kier alpha value is -4.00. The van der Waals surface area contributed by atoms with Gasteiger partial charge in [-0.25, -0.2) is 0 Å². The number of carbonyl (C=O) groups is 1. The van der Waals surface area contributed by atoms with Crippen LogP contribution < -0.4 is 19.3 Å². The summed E-state index contributed by atoms with van der Waals surface area (Å²) in [6.07, 6.45) is 7.18. The van der Waals surface area contributed by atoms with Gasteiger partial charge in [-0.15, -0.1) is 0 Å². The maximum Gasteiger partial charge on any atom is 0.246 e. The molecule has 180 valence electrons. The van der Waals surface area contributed by atoms with Gasteiger partial charge in [0, 0.05) is 36.6 Å². The highest BCUT2D eigenvalue weighted by atomic mass is 16.5. The Morgan fingerprint density at radius 3 is 2.69 bits per heavy atom. The molecule has 1 amide bonds. The number of carbonyl (C=O) groups excluding carboxylic acids is 1. The summed E-state index contributed by atoms with van der Waals surface area (Å²) in [5, 5.41) is 0. The summed E-state index contributed by atoms with van der Waals surface area (Å²) in [4.78, 5) is 23.2. The number of hydrogen-bond acceptors (Lipinski definition) is 6. The fourth-order valence-corrected chi connectivity index (χ4v) is 4.95. The van der Waals surface area contributed by atoms with E-state index in [2.05, 4.69) is 39.6 Å². The van der Waals surface area contributed by atoms with Crippen molar-refractivity contribution in [3.63, 3.8) is 0 Å². The number of amides is 1. The van der Waals surface area contributed by atoms with Crippen molar-refractivity contribution in [1.29, 1.82) is 0 Å². The van der Waals surface area contributed by atoms with Gasteiger partial charge in [0.05, 0.1) is 31.4 Å². The number of ether oxygens (including phenoxy) is 2. The van der Waals surface area contributed by atoms with Crippen LogP contribution in [0.15, 0.2) is 73.6 Å². The van der Waals surface area contributed by atoms with E-state index in [0.717, 1.165) is 59.3 Å². The Morgan fingerprint density at radius 1 is 1.11 bits per heavy atom. The Morgan fingerprint density at radius 2 is 1.91 bits per heavy atom. The van der Waals surface area contributed by atoms with Gasteiger partial charge in [0.1, 0.15) is 17.2 Å². The molecule has 0 N–H and O–H groups in total. The molecule has 5 rings (SSSR count). The standard InChI is InChI=1S/C28H30N4O3/c1-4-28(33)30-16-6-7-22(18-30)32-19-31(25-17-29-15-14-24(25)32)21-10-12-23(13-11-21)35-27-9-5-8-26(34-3)20(27)2/h4-5,8-15,17,22H,1,6-7,16,18-19H2,2-3H3. The molecule has 1 saturated heterocycles. The van der Waals surface area contributed by atoms with E-state index in [0.29, 0.717) is 13.2 Å². The fraction of sp³-hybridized carbons (Fsp3) is 0.286. The van der Waals surface area contributed by atoms with E-state index in [-0.39, 0.29) is 11.9 Å². The van der Waals surface area contributed by atoms with Gasteiger partial charge in [-0.05, 0) is 68.3 Å². The molecule has 1 fully saturated rings. The molecule has 7 heteroatoms. The van der Waals surface area contributed by atoms with Crippen LogP contribution in [0.1, 0.15) is 18.4 Å². The number of aromatic nitrogens is 1. The second-order valence-electron chi connectivity index (χ2n) is 8.87. The zero-order valence-corrected chi connectivity index (χ0v) is 20.2. The van der Waals surface area contributed by atoms with Crippen LogP contribution in [0.4, 0.5) is 17.1 Å². The molecule has 35 heavy (non-hydrogen) atoms. The lowest BCUT2D eigenvalue weighted by atomic mass is 10.0. The summed E-state index contributed by atoms with van der Waals surface area (Å²) in [5.41, 5.74) is 4.24. The van der Waals surface area contributed by atoms with E-state index >= 15 is 0 Å². The zero-order valence-electron chi connectivity index (χ0n) is 20.2. The number of piperidine rings is 1. The maximum absolute atomic E-state index is 12.2. The summed E-state index contributed by atoms with van der Waals surface area (Å²) in [7, 11) is 1.66. The van der Waals surface area contributed by atoms with Gasteiger partial charge in [-0.1, -0.05) is 12.6 Å². The van der Waals surface area contributed by atoms with Crippen LogP contribution in [0.3, 0.4) is 0 Å². The van der Waals surface area contributed by atoms with Crippen LogP contribution >= 0.6 is 0 Å². The molecular formula is C28H30N4O3. The molecule has 1 aromatic heterocycles. The molecule has 2 aliphatic rings. The second kappa shape index (κ2) is 9.70. The van der Waals surface area contributed by atoms with Crippen molar-refractivity contribution >= 4 is 23.0 Å². The Balaban J connectivity index is 1.36. The average molecular weight is 471 g/mol. The third-order valence-corrected chi connectivity index (χ3v) is 6.83. The number of pyridine rings is 1. The predicted molar refractivity (Wildman–Crippen MR) is 138 cm³/mol. The molecule has 2 aromatic carbocycles. The normalized spacial score (nSPS) is 17.2. The highest BCUT2D eigenvalue weighted by Crippen LogP contribution is 2.42. The fourth-order valence-electron chi connectivity index (χ4n) is 4.95. The summed E-state index contributed by atoms with van der Waals surface area (Å²) in [6.45, 7) is 7.84. The van der Waals surface area contributed by atoms with Crippen LogP contribution in [0, 0.1) is 6.92 Å². The quantitative estimate of drug-likeness (QED) is 0.457. The molecule has 2 aliphatic heterocycles. The minimum absolute atomic E-state index is 0.00238. The van der Waals surface area contributed by atoms with Crippen molar-refractivity contribution in [3.8, 4) is 17.2 Å². The van der Waals surface area contributed by atoms with Gasteiger partial charge >= 0.3 is 0 Å². The van der Waals surface area contributed by atoms with Crippen LogP contribution in [0.2, 0.25) is 0 Å². The topological polar surface area (TPSA) is 58.1 Å². The molecular weight excluding hydrogens is 440 g/mol. The van der Waals surface area contributed by atoms with Crippen LogP contribution in [-0.4, -0.2) is 48.7 Å². The first-order valence-electron chi connectivity index (χ1n) is 11.9. The SMILES string of the molecule is C=CC(=O)N1CCCC(N2CN(c3ccc(Oc4cccc(OC)c4C)cc3)c3cnccc32)C1. The lowest BCUT2D eigenvalue weighted by Crippen LogP contribution is -2.50. The van der Waals surface area contributed by atoms with Crippen LogP contribution in [0.25, 0.3) is 0 Å². The number of methoxy groups -OCH3 is 1. The molecule has 0 aliphatic carbocycles. The number of anilines is 3. The number of nitrogens with zero attached hydrogens (tertiary/aromatic N) is 4. The van der Waals surface area contributed by atoms with Gasteiger partial charge < -0.3 is 24.2 Å². The minimum Gasteiger partial charge on any atom is -0.496 e. The van der Waals surface area contributed by atoms with Crippen LogP contribution in [-0.2, 0) is 4.79 Å². The highest BCUT2D eigenvalue weighted by molar-refractivity contribution is 5.87. The van der Waals surface area contributed by atoms with Crippen molar-refractivity contribution in [2.24, 2.45) is 0 Å². The monoisotopic (exact) mass is 470 g/mol. The summed E-state index contributed by atoms with van der Waals surface area (Å²) in [6, 6.07) is 16.2. The van der Waals surface area contributed by atoms with E-state index in [1.165, 1.54) is 6.08 Å². The lowest BCUT2D eigenvalue weighted by molar-refractivity contribution is -0.127. The van der Waals surface area contributed by atoms with Crippen molar-refractivity contribution in [2.45, 2.75) is 25.8 Å². The molecule has 0 radical (unpaired) electrons. The molecule has 3 heterocycles. The van der Waals surface area contributed by atoms with Crippen LogP contribution in [0.5, 0.6) is 17.2 Å². The van der Waals surface area contributed by atoms with Crippen molar-refractivity contribution in [3.05, 3.63) is 79.1 Å². The summed E-state index contributed by atoms with van der Waals surface area (Å²) >= 11 is 0. The number of fused-ring (bicyclic) bond motifs is 1. The smallest absolute Gasteiger partial charge is 0.246 e. The third kappa shape index (κ3) is 4.41. The Bertz CT molecular complexity index is 1230. The number of hydrogen-bond donors (Lipinski definition) is 0. The Labute approximate surface area is 206 Å². The summed E-state index contributed by atoms with van der Waals surface area (Å²) < 4.78 is 11.5.